The number of methoxy groups -OCH3 is 1. The van der Waals surface area contributed by atoms with E-state index in [4.69, 9.17) is 4.74 Å². The van der Waals surface area contributed by atoms with Gasteiger partial charge in [-0.3, -0.25) is 20.0 Å². The lowest BCUT2D eigenvalue weighted by atomic mass is 9.99. The molecule has 0 atom stereocenters. The number of benzene rings is 3. The van der Waals surface area contributed by atoms with Crippen LogP contribution >= 0.6 is 0 Å². The van der Waals surface area contributed by atoms with E-state index < -0.39 is 21.6 Å². The lowest BCUT2D eigenvalue weighted by Gasteiger charge is -2.28. The van der Waals surface area contributed by atoms with Crippen molar-refractivity contribution in [3.63, 3.8) is 0 Å². The number of hydroxylamine groups is 1. The molecule has 10 heteroatoms. The van der Waals surface area contributed by atoms with Crippen LogP contribution < -0.4 is 15.1 Å². The van der Waals surface area contributed by atoms with Crippen molar-refractivity contribution < 1.29 is 23.2 Å². The summed E-state index contributed by atoms with van der Waals surface area (Å²) in [4.78, 5) is 23.2. The standard InChI is InChI=1S/C29H24N4O5S/c1-38-22-12-14-23(15-13-22)39(36,37)19-33(21-9-6-16-30-17-21)28-25-11-5-10-24(20-7-3-2-4-8-20)27(25)31-18-26(28)29(34)32-35/h2-18,35H,19H2,1H3,(H,32,34). The highest BCUT2D eigenvalue weighted by Crippen LogP contribution is 2.39. The quantitative estimate of drug-likeness (QED) is 0.208. The monoisotopic (exact) mass is 540 g/mol. The lowest BCUT2D eigenvalue weighted by molar-refractivity contribution is 0.0707. The average molecular weight is 541 g/mol. The van der Waals surface area contributed by atoms with Crippen molar-refractivity contribution in [2.75, 3.05) is 17.9 Å². The zero-order valence-electron chi connectivity index (χ0n) is 20.9. The molecule has 2 N–H and O–H groups in total. The van der Waals surface area contributed by atoms with E-state index in [2.05, 4.69) is 9.97 Å². The van der Waals surface area contributed by atoms with Crippen molar-refractivity contribution in [2.24, 2.45) is 0 Å². The molecular weight excluding hydrogens is 516 g/mol. The van der Waals surface area contributed by atoms with Crippen LogP contribution in [0.5, 0.6) is 5.75 Å². The minimum Gasteiger partial charge on any atom is -0.497 e. The highest BCUT2D eigenvalue weighted by atomic mass is 32.2. The number of pyridine rings is 2. The zero-order valence-corrected chi connectivity index (χ0v) is 21.7. The molecule has 2 aromatic heterocycles. The fourth-order valence-electron chi connectivity index (χ4n) is 4.39. The highest BCUT2D eigenvalue weighted by Gasteiger charge is 2.28. The van der Waals surface area contributed by atoms with Crippen molar-refractivity contribution in [3.05, 3.63) is 109 Å². The van der Waals surface area contributed by atoms with Gasteiger partial charge < -0.3 is 9.64 Å². The SMILES string of the molecule is COc1ccc(S(=O)(=O)CN(c2cccnc2)c2c(C(=O)NO)cnc3c(-c4ccccc4)cccc23)cc1. The fourth-order valence-corrected chi connectivity index (χ4v) is 5.70. The fraction of sp³-hybridized carbons (Fsp3) is 0.0690. The van der Waals surface area contributed by atoms with Gasteiger partial charge in [0.2, 0.25) is 0 Å². The van der Waals surface area contributed by atoms with Crippen LogP contribution in [0.3, 0.4) is 0 Å². The first-order chi connectivity index (χ1) is 18.9. The van der Waals surface area contributed by atoms with E-state index in [9.17, 15) is 18.4 Å². The summed E-state index contributed by atoms with van der Waals surface area (Å²) < 4.78 is 32.6. The third-order valence-electron chi connectivity index (χ3n) is 6.25. The molecule has 0 saturated heterocycles. The summed E-state index contributed by atoms with van der Waals surface area (Å²) in [5, 5.41) is 10.1. The Labute approximate surface area is 225 Å². The van der Waals surface area contributed by atoms with Gasteiger partial charge in [-0.25, -0.2) is 13.9 Å². The molecule has 0 bridgehead atoms. The Hall–Kier alpha value is -4.80. The van der Waals surface area contributed by atoms with Gasteiger partial charge in [-0.15, -0.1) is 0 Å². The lowest BCUT2D eigenvalue weighted by Crippen LogP contribution is -2.29. The summed E-state index contributed by atoms with van der Waals surface area (Å²) in [7, 11) is -2.43. The van der Waals surface area contributed by atoms with E-state index in [1.807, 2.05) is 42.5 Å². The van der Waals surface area contributed by atoms with Gasteiger partial charge in [0.05, 0.1) is 40.7 Å². The van der Waals surface area contributed by atoms with Gasteiger partial charge in [-0.2, -0.15) is 0 Å². The molecule has 9 nitrogen and oxygen atoms in total. The van der Waals surface area contributed by atoms with E-state index in [0.29, 0.717) is 22.3 Å². The first-order valence-corrected chi connectivity index (χ1v) is 13.5. The van der Waals surface area contributed by atoms with Gasteiger partial charge in [0, 0.05) is 23.3 Å². The van der Waals surface area contributed by atoms with E-state index in [-0.39, 0.29) is 16.1 Å². The second-order valence-corrected chi connectivity index (χ2v) is 10.5. The number of carbonyl (C=O) groups excluding carboxylic acids is 1. The molecule has 0 aliphatic rings. The number of anilines is 2. The number of para-hydroxylation sites is 1. The van der Waals surface area contributed by atoms with Crippen LogP contribution in [-0.2, 0) is 9.84 Å². The number of sulfone groups is 1. The van der Waals surface area contributed by atoms with Gasteiger partial charge in [-0.1, -0.05) is 48.5 Å². The second kappa shape index (κ2) is 10.9. The first kappa shape index (κ1) is 25.8. The molecule has 0 saturated carbocycles. The Kier molecular flexibility index (Phi) is 7.22. The molecule has 0 aliphatic heterocycles. The van der Waals surface area contributed by atoms with Crippen LogP contribution in [0, 0.1) is 0 Å². The smallest absolute Gasteiger partial charge is 0.278 e. The third-order valence-corrected chi connectivity index (χ3v) is 7.83. The van der Waals surface area contributed by atoms with Gasteiger partial charge in [-0.05, 0) is 42.0 Å². The summed E-state index contributed by atoms with van der Waals surface area (Å²) in [6.45, 7) is 0. The van der Waals surface area contributed by atoms with Gasteiger partial charge in [0.1, 0.15) is 11.6 Å². The number of nitrogens with zero attached hydrogens (tertiary/aromatic N) is 3. The van der Waals surface area contributed by atoms with Crippen LogP contribution in [0.25, 0.3) is 22.0 Å². The van der Waals surface area contributed by atoms with Crippen LogP contribution in [0.2, 0.25) is 0 Å². The molecule has 0 radical (unpaired) electrons. The number of ether oxygens (including phenoxy) is 1. The Morgan fingerprint density at radius 3 is 2.38 bits per heavy atom. The van der Waals surface area contributed by atoms with Gasteiger partial charge >= 0.3 is 0 Å². The number of aromatic nitrogens is 2. The van der Waals surface area contributed by atoms with Crippen molar-refractivity contribution >= 4 is 38.0 Å². The van der Waals surface area contributed by atoms with Crippen molar-refractivity contribution in [1.29, 1.82) is 0 Å². The van der Waals surface area contributed by atoms with Crippen LogP contribution in [0.1, 0.15) is 10.4 Å². The number of rotatable bonds is 8. The van der Waals surface area contributed by atoms with Crippen molar-refractivity contribution in [3.8, 4) is 16.9 Å². The minimum atomic E-state index is -3.93. The highest BCUT2D eigenvalue weighted by molar-refractivity contribution is 7.91. The predicted octanol–water partition coefficient (Wildman–Crippen LogP) is 4.99. The van der Waals surface area contributed by atoms with Gasteiger partial charge in [0.15, 0.2) is 9.84 Å². The number of hydrogen-bond acceptors (Lipinski definition) is 8. The zero-order chi connectivity index (χ0) is 27.4. The summed E-state index contributed by atoms with van der Waals surface area (Å²) in [5.74, 6) is -0.834. The number of carbonyl (C=O) groups is 1. The minimum absolute atomic E-state index is 0.0102. The largest absolute Gasteiger partial charge is 0.497 e. The molecule has 3 aromatic carbocycles. The maximum Gasteiger partial charge on any atom is 0.278 e. The maximum atomic E-state index is 13.7. The summed E-state index contributed by atoms with van der Waals surface area (Å²) in [6, 6.07) is 24.5. The van der Waals surface area contributed by atoms with Gasteiger partial charge in [0.25, 0.3) is 5.91 Å². The third kappa shape index (κ3) is 5.15. The van der Waals surface area contributed by atoms with E-state index in [1.54, 1.807) is 42.0 Å². The predicted molar refractivity (Wildman–Crippen MR) is 148 cm³/mol. The Morgan fingerprint density at radius 2 is 1.72 bits per heavy atom. The van der Waals surface area contributed by atoms with Crippen LogP contribution in [0.15, 0.2) is 108 Å². The van der Waals surface area contributed by atoms with Crippen molar-refractivity contribution in [2.45, 2.75) is 4.90 Å². The molecule has 0 aliphatic carbocycles. The Morgan fingerprint density at radius 1 is 0.949 bits per heavy atom. The molecule has 196 valence electrons. The van der Waals surface area contributed by atoms with E-state index in [0.717, 1.165) is 11.1 Å². The Balaban J connectivity index is 1.76. The summed E-state index contributed by atoms with van der Waals surface area (Å²) in [6.07, 6.45) is 4.41. The molecule has 5 aromatic rings. The average Bonchev–Trinajstić information content (AvgIpc) is 2.99. The first-order valence-electron chi connectivity index (χ1n) is 11.9. The second-order valence-electron chi connectivity index (χ2n) is 8.59. The molecule has 0 unspecified atom stereocenters. The topological polar surface area (TPSA) is 122 Å². The molecule has 39 heavy (non-hydrogen) atoms. The van der Waals surface area contributed by atoms with Crippen molar-refractivity contribution in [1.82, 2.24) is 15.4 Å². The van der Waals surface area contributed by atoms with Crippen LogP contribution in [0.4, 0.5) is 11.4 Å². The van der Waals surface area contributed by atoms with E-state index in [1.165, 1.54) is 36.5 Å². The summed E-state index contributed by atoms with van der Waals surface area (Å²) >= 11 is 0. The number of hydrogen-bond donors (Lipinski definition) is 2. The molecular formula is C29H24N4O5S. The molecule has 5 rings (SSSR count). The summed E-state index contributed by atoms with van der Waals surface area (Å²) in [5.41, 5.74) is 4.60. The molecule has 1 amide bonds. The normalized spacial score (nSPS) is 11.2. The molecule has 0 spiro atoms. The van der Waals surface area contributed by atoms with Crippen LogP contribution in [-0.4, -0.2) is 42.5 Å². The maximum absolute atomic E-state index is 13.7. The van der Waals surface area contributed by atoms with E-state index >= 15 is 0 Å². The molecule has 0 fully saturated rings. The number of nitrogens with one attached hydrogen (secondary N) is 1. The molecule has 2 heterocycles. The number of fused-ring (bicyclic) bond motifs is 1. The number of amides is 1. The Bertz CT molecular complexity index is 1730.